The van der Waals surface area contributed by atoms with Crippen molar-refractivity contribution in [2.24, 2.45) is 11.8 Å². The van der Waals surface area contributed by atoms with E-state index in [1.54, 1.807) is 6.07 Å². The molecule has 2 fully saturated rings. The van der Waals surface area contributed by atoms with Crippen molar-refractivity contribution in [2.45, 2.75) is 64.5 Å². The Hall–Kier alpha value is -2.12. The lowest BCUT2D eigenvalue weighted by atomic mass is 9.91. The van der Waals surface area contributed by atoms with Crippen molar-refractivity contribution < 1.29 is 18.0 Å². The van der Waals surface area contributed by atoms with Gasteiger partial charge in [0, 0.05) is 36.4 Å². The second kappa shape index (κ2) is 6.71. The van der Waals surface area contributed by atoms with Crippen molar-refractivity contribution >= 4 is 11.6 Å². The number of rotatable bonds is 2. The summed E-state index contributed by atoms with van der Waals surface area (Å²) in [6.07, 6.45) is -2.12. The van der Waals surface area contributed by atoms with Gasteiger partial charge in [-0.15, -0.1) is 0 Å². The fourth-order valence-electron chi connectivity index (χ4n) is 4.07. The first-order chi connectivity index (χ1) is 13.4. The van der Waals surface area contributed by atoms with Crippen molar-refractivity contribution in [1.82, 2.24) is 19.5 Å². The average molecular weight is 408 g/mol. The van der Waals surface area contributed by atoms with Crippen molar-refractivity contribution in [2.75, 3.05) is 13.1 Å². The third kappa shape index (κ3) is 3.85. The molecule has 1 saturated heterocycles. The number of likely N-dealkylation sites (tertiary alicyclic amines) is 1. The van der Waals surface area contributed by atoms with Gasteiger partial charge in [0.25, 0.3) is 0 Å². The topological polar surface area (TPSA) is 50.5 Å². The highest BCUT2D eigenvalue weighted by Crippen LogP contribution is 2.40. The van der Waals surface area contributed by atoms with Gasteiger partial charge in [0.2, 0.25) is 5.91 Å². The summed E-state index contributed by atoms with van der Waals surface area (Å²) in [4.78, 5) is 18.8. The second-order valence-corrected chi connectivity index (χ2v) is 9.53. The fourth-order valence-corrected chi connectivity index (χ4v) is 4.07. The fraction of sp³-hybridized carbons (Fsp3) is 0.667. The number of halogens is 3. The average Bonchev–Trinajstić information content (AvgIpc) is 3.20. The van der Waals surface area contributed by atoms with Crippen LogP contribution in [0.4, 0.5) is 13.2 Å². The van der Waals surface area contributed by atoms with Gasteiger partial charge in [-0.25, -0.2) is 9.50 Å². The molecule has 1 saturated carbocycles. The number of alkyl halides is 3. The molecule has 158 valence electrons. The van der Waals surface area contributed by atoms with Crippen molar-refractivity contribution in [3.05, 3.63) is 29.2 Å². The third-order valence-electron chi connectivity index (χ3n) is 6.16. The number of carbonyl (C=O) groups is 1. The van der Waals surface area contributed by atoms with Gasteiger partial charge in [-0.1, -0.05) is 27.7 Å². The van der Waals surface area contributed by atoms with Crippen molar-refractivity contribution in [1.29, 1.82) is 0 Å². The zero-order valence-corrected chi connectivity index (χ0v) is 17.3. The van der Waals surface area contributed by atoms with Crippen molar-refractivity contribution in [3.63, 3.8) is 0 Å². The number of carbonyl (C=O) groups excluding carboxylic acids is 1. The van der Waals surface area contributed by atoms with Gasteiger partial charge < -0.3 is 4.90 Å². The van der Waals surface area contributed by atoms with E-state index in [1.165, 1.54) is 0 Å². The molecule has 0 unspecified atom stereocenters. The summed E-state index contributed by atoms with van der Waals surface area (Å²) >= 11 is 0. The lowest BCUT2D eigenvalue weighted by molar-refractivity contribution is -0.142. The summed E-state index contributed by atoms with van der Waals surface area (Å²) in [6.45, 7) is 8.88. The molecule has 5 nitrogen and oxygen atoms in total. The standard InChI is InChI=1S/C21H27F3N4O/c1-12-9-14(12)19(29)27-7-5-13(6-8-27)15-10-18-25-16(20(2,3)4)11-17(21(22,23)24)28(18)26-15/h10-14H,5-9H2,1-4H3/t12-,14-/m0/s1. The summed E-state index contributed by atoms with van der Waals surface area (Å²) in [5.41, 5.74) is -0.0551. The quantitative estimate of drug-likeness (QED) is 0.740. The van der Waals surface area contributed by atoms with Crippen LogP contribution in [0, 0.1) is 11.8 Å². The Labute approximate surface area is 168 Å². The molecule has 4 rings (SSSR count). The molecule has 0 bridgehead atoms. The second-order valence-electron chi connectivity index (χ2n) is 9.53. The Kier molecular flexibility index (Phi) is 4.66. The minimum absolute atomic E-state index is 0.0385. The molecule has 1 aliphatic heterocycles. The molecule has 2 aromatic heterocycles. The molecule has 2 atom stereocenters. The van der Waals surface area contributed by atoms with Crippen LogP contribution in [0.25, 0.3) is 5.65 Å². The Morgan fingerprint density at radius 3 is 2.28 bits per heavy atom. The van der Waals surface area contributed by atoms with E-state index in [4.69, 9.17) is 0 Å². The van der Waals surface area contributed by atoms with Crippen LogP contribution in [0.1, 0.15) is 70.0 Å². The summed E-state index contributed by atoms with van der Waals surface area (Å²) < 4.78 is 41.9. The zero-order chi connectivity index (χ0) is 21.1. The molecule has 3 heterocycles. The van der Waals surface area contributed by atoms with Gasteiger partial charge in [0.05, 0.1) is 11.4 Å². The Morgan fingerprint density at radius 1 is 1.14 bits per heavy atom. The van der Waals surface area contributed by atoms with Gasteiger partial charge in [-0.3, -0.25) is 4.79 Å². The van der Waals surface area contributed by atoms with Gasteiger partial charge in [0.1, 0.15) is 5.69 Å². The van der Waals surface area contributed by atoms with E-state index in [1.807, 2.05) is 25.7 Å². The van der Waals surface area contributed by atoms with E-state index in [0.29, 0.717) is 43.2 Å². The number of hydrogen-bond donors (Lipinski definition) is 0. The highest BCUT2D eigenvalue weighted by atomic mass is 19.4. The third-order valence-corrected chi connectivity index (χ3v) is 6.16. The smallest absolute Gasteiger partial charge is 0.342 e. The van der Waals surface area contributed by atoms with Crippen LogP contribution in [0.2, 0.25) is 0 Å². The highest BCUT2D eigenvalue weighted by molar-refractivity contribution is 5.81. The van der Waals surface area contributed by atoms with E-state index in [9.17, 15) is 18.0 Å². The first kappa shape index (κ1) is 20.2. The maximum absolute atomic E-state index is 13.7. The van der Waals surface area contributed by atoms with Crippen LogP contribution in [-0.4, -0.2) is 38.5 Å². The molecule has 0 radical (unpaired) electrons. The number of piperidine rings is 1. The normalized spacial score (nSPS) is 23.6. The number of nitrogens with zero attached hydrogens (tertiary/aromatic N) is 4. The van der Waals surface area contributed by atoms with Gasteiger partial charge in [-0.05, 0) is 31.2 Å². The molecule has 29 heavy (non-hydrogen) atoms. The van der Waals surface area contributed by atoms with Crippen LogP contribution in [0.3, 0.4) is 0 Å². The molecule has 1 amide bonds. The lowest BCUT2D eigenvalue weighted by Gasteiger charge is -2.31. The molecule has 0 aromatic carbocycles. The maximum Gasteiger partial charge on any atom is 0.433 e. The number of amides is 1. The van der Waals surface area contributed by atoms with Crippen LogP contribution in [-0.2, 0) is 16.4 Å². The molecule has 1 aliphatic carbocycles. The van der Waals surface area contributed by atoms with E-state index < -0.39 is 17.3 Å². The Morgan fingerprint density at radius 2 is 1.76 bits per heavy atom. The van der Waals surface area contributed by atoms with Crippen LogP contribution in [0.15, 0.2) is 12.1 Å². The number of hydrogen-bond acceptors (Lipinski definition) is 3. The van der Waals surface area contributed by atoms with Gasteiger partial charge in [-0.2, -0.15) is 18.3 Å². The van der Waals surface area contributed by atoms with E-state index in [0.717, 1.165) is 17.0 Å². The predicted octanol–water partition coefficient (Wildman–Crippen LogP) is 4.41. The number of aromatic nitrogens is 3. The first-order valence-corrected chi connectivity index (χ1v) is 10.2. The molecule has 8 heteroatoms. The van der Waals surface area contributed by atoms with E-state index >= 15 is 0 Å². The highest BCUT2D eigenvalue weighted by Gasteiger charge is 2.42. The Bertz CT molecular complexity index is 936. The lowest BCUT2D eigenvalue weighted by Crippen LogP contribution is -2.39. The zero-order valence-electron chi connectivity index (χ0n) is 17.3. The van der Waals surface area contributed by atoms with Crippen molar-refractivity contribution in [3.8, 4) is 0 Å². The number of fused-ring (bicyclic) bond motifs is 1. The minimum atomic E-state index is -4.51. The van der Waals surface area contributed by atoms with Crippen LogP contribution >= 0.6 is 0 Å². The van der Waals surface area contributed by atoms with E-state index in [-0.39, 0.29) is 23.4 Å². The summed E-state index contributed by atoms with van der Waals surface area (Å²) in [7, 11) is 0. The van der Waals surface area contributed by atoms with Gasteiger partial charge in [0.15, 0.2) is 5.65 Å². The van der Waals surface area contributed by atoms with Gasteiger partial charge >= 0.3 is 6.18 Å². The summed E-state index contributed by atoms with van der Waals surface area (Å²) in [5.74, 6) is 0.900. The SMILES string of the molecule is C[C@H]1C[C@@H]1C(=O)N1CCC(c2cc3nc(C(C)(C)C)cc(C(F)(F)F)n3n2)CC1. The Balaban J connectivity index is 1.60. The minimum Gasteiger partial charge on any atom is -0.342 e. The summed E-state index contributed by atoms with van der Waals surface area (Å²) in [5, 5.41) is 4.29. The summed E-state index contributed by atoms with van der Waals surface area (Å²) in [6, 6.07) is 2.78. The molecular formula is C21H27F3N4O. The maximum atomic E-state index is 13.7. The molecule has 0 N–H and O–H groups in total. The molecule has 0 spiro atoms. The van der Waals surface area contributed by atoms with Crippen LogP contribution in [0.5, 0.6) is 0 Å². The molecular weight excluding hydrogens is 381 g/mol. The molecule has 2 aromatic rings. The van der Waals surface area contributed by atoms with E-state index in [2.05, 4.69) is 17.0 Å². The largest absolute Gasteiger partial charge is 0.433 e. The first-order valence-electron chi connectivity index (χ1n) is 10.2. The molecule has 2 aliphatic rings. The monoisotopic (exact) mass is 408 g/mol. The van der Waals surface area contributed by atoms with Crippen LogP contribution < -0.4 is 0 Å². The predicted molar refractivity (Wildman–Crippen MR) is 103 cm³/mol.